The molecule has 0 saturated carbocycles. The van der Waals surface area contributed by atoms with Gasteiger partial charge >= 0.3 is 0 Å². The van der Waals surface area contributed by atoms with E-state index in [9.17, 15) is 4.79 Å². The van der Waals surface area contributed by atoms with Crippen LogP contribution in [0.1, 0.15) is 19.3 Å². The van der Waals surface area contributed by atoms with Crippen molar-refractivity contribution in [2.24, 2.45) is 0 Å². The summed E-state index contributed by atoms with van der Waals surface area (Å²) in [5, 5.41) is 2.90. The quantitative estimate of drug-likeness (QED) is 0.581. The lowest BCUT2D eigenvalue weighted by atomic mass is 10.3. The first-order valence-electron chi connectivity index (χ1n) is 6.33. The molecular weight excluding hydrogens is 248 g/mol. The van der Waals surface area contributed by atoms with Gasteiger partial charge < -0.3 is 10.2 Å². The predicted octanol–water partition coefficient (Wildman–Crippen LogP) is 2.65. The summed E-state index contributed by atoms with van der Waals surface area (Å²) in [6.07, 6.45) is 2.22. The number of benzene rings is 1. The molecule has 0 spiro atoms. The molecule has 1 aromatic rings. The van der Waals surface area contributed by atoms with E-state index in [2.05, 4.69) is 29.4 Å². The molecule has 0 heterocycles. The van der Waals surface area contributed by atoms with Crippen LogP contribution >= 0.6 is 11.6 Å². The Morgan fingerprint density at radius 2 is 2.00 bits per heavy atom. The number of nitrogens with one attached hydrogen (secondary N) is 1. The van der Waals surface area contributed by atoms with Gasteiger partial charge in [-0.15, -0.1) is 11.6 Å². The van der Waals surface area contributed by atoms with E-state index < -0.39 is 0 Å². The number of halogens is 1. The number of carbonyl (C=O) groups is 1. The molecule has 0 radical (unpaired) electrons. The monoisotopic (exact) mass is 268 g/mol. The van der Waals surface area contributed by atoms with Crippen LogP contribution in [0.4, 0.5) is 5.69 Å². The first kappa shape index (κ1) is 14.8. The molecule has 1 rings (SSSR count). The van der Waals surface area contributed by atoms with Crippen LogP contribution in [-0.2, 0) is 4.79 Å². The number of nitrogens with zero attached hydrogens (tertiary/aromatic N) is 1. The molecule has 100 valence electrons. The highest BCUT2D eigenvalue weighted by Crippen LogP contribution is 2.10. The summed E-state index contributed by atoms with van der Waals surface area (Å²) in [4.78, 5) is 13.5. The van der Waals surface area contributed by atoms with Crippen molar-refractivity contribution < 1.29 is 4.79 Å². The van der Waals surface area contributed by atoms with Gasteiger partial charge in [-0.2, -0.15) is 0 Å². The van der Waals surface area contributed by atoms with Gasteiger partial charge in [-0.1, -0.05) is 18.2 Å². The van der Waals surface area contributed by atoms with Crippen LogP contribution < -0.4 is 10.2 Å². The number of rotatable bonds is 8. The number of para-hydroxylation sites is 1. The van der Waals surface area contributed by atoms with Crippen molar-refractivity contribution in [2.75, 3.05) is 30.9 Å². The Labute approximate surface area is 114 Å². The zero-order valence-electron chi connectivity index (χ0n) is 10.9. The Morgan fingerprint density at radius 1 is 1.28 bits per heavy atom. The Hall–Kier alpha value is -1.22. The number of anilines is 1. The van der Waals surface area contributed by atoms with Crippen LogP contribution in [0.15, 0.2) is 30.3 Å². The summed E-state index contributed by atoms with van der Waals surface area (Å²) in [5.74, 6) is 0.641. The van der Waals surface area contributed by atoms with Crippen LogP contribution in [0.2, 0.25) is 0 Å². The maximum absolute atomic E-state index is 11.3. The molecule has 0 aliphatic carbocycles. The lowest BCUT2D eigenvalue weighted by Gasteiger charge is -2.19. The molecule has 3 nitrogen and oxygen atoms in total. The molecule has 4 heteroatoms. The maximum atomic E-state index is 11.3. The molecule has 1 N–H and O–H groups in total. The summed E-state index contributed by atoms with van der Waals surface area (Å²) in [6, 6.07) is 10.2. The van der Waals surface area contributed by atoms with Crippen LogP contribution in [0.25, 0.3) is 0 Å². The van der Waals surface area contributed by atoms with Gasteiger partial charge in [0.15, 0.2) is 0 Å². The minimum atomic E-state index is 0.0954. The van der Waals surface area contributed by atoms with Crippen molar-refractivity contribution in [2.45, 2.75) is 19.3 Å². The molecule has 0 fully saturated rings. The summed E-state index contributed by atoms with van der Waals surface area (Å²) in [7, 11) is 2.06. The number of alkyl halides is 1. The van der Waals surface area contributed by atoms with Crippen molar-refractivity contribution in [3.63, 3.8) is 0 Å². The molecule has 1 aromatic carbocycles. The topological polar surface area (TPSA) is 32.3 Å². The zero-order valence-corrected chi connectivity index (χ0v) is 11.6. The molecule has 18 heavy (non-hydrogen) atoms. The van der Waals surface area contributed by atoms with E-state index in [-0.39, 0.29) is 5.91 Å². The average molecular weight is 269 g/mol. The summed E-state index contributed by atoms with van der Waals surface area (Å²) in [5.41, 5.74) is 1.20. The van der Waals surface area contributed by atoms with Gasteiger partial charge in [0.2, 0.25) is 5.91 Å². The molecule has 1 amide bonds. The minimum Gasteiger partial charge on any atom is -0.375 e. The van der Waals surface area contributed by atoms with Crippen LogP contribution in [-0.4, -0.2) is 31.9 Å². The third-order valence-corrected chi connectivity index (χ3v) is 2.99. The Bertz CT molecular complexity index is 343. The van der Waals surface area contributed by atoms with Crippen molar-refractivity contribution >= 4 is 23.2 Å². The van der Waals surface area contributed by atoms with Crippen LogP contribution in [0.5, 0.6) is 0 Å². The minimum absolute atomic E-state index is 0.0954. The van der Waals surface area contributed by atoms with E-state index in [1.54, 1.807) is 0 Å². The van der Waals surface area contributed by atoms with E-state index in [0.29, 0.717) is 12.3 Å². The highest BCUT2D eigenvalue weighted by molar-refractivity contribution is 6.17. The maximum Gasteiger partial charge on any atom is 0.220 e. The number of hydrogen-bond acceptors (Lipinski definition) is 2. The lowest BCUT2D eigenvalue weighted by Crippen LogP contribution is -2.28. The number of carbonyl (C=O) groups excluding carboxylic acids is 1. The summed E-state index contributed by atoms with van der Waals surface area (Å²) >= 11 is 5.53. The zero-order chi connectivity index (χ0) is 13.2. The molecule has 0 aliphatic heterocycles. The van der Waals surface area contributed by atoms with Crippen LogP contribution in [0, 0.1) is 0 Å². The smallest absolute Gasteiger partial charge is 0.220 e. The fourth-order valence-corrected chi connectivity index (χ4v) is 1.81. The number of hydrogen-bond donors (Lipinski definition) is 1. The molecule has 0 atom stereocenters. The normalized spacial score (nSPS) is 10.1. The Morgan fingerprint density at radius 3 is 2.67 bits per heavy atom. The molecule has 0 aromatic heterocycles. The van der Waals surface area contributed by atoms with Gasteiger partial charge in [0.05, 0.1) is 0 Å². The second-order valence-electron chi connectivity index (χ2n) is 4.25. The van der Waals surface area contributed by atoms with Gasteiger partial charge in [0.25, 0.3) is 0 Å². The first-order valence-corrected chi connectivity index (χ1v) is 6.86. The standard InChI is InChI=1S/C14H21ClN2O/c1-17(13-7-3-2-4-8-13)12-6-11-16-14(18)9-5-10-15/h2-4,7-8H,5-6,9-12H2,1H3,(H,16,18). The molecule has 0 saturated heterocycles. The molecular formula is C14H21ClN2O. The SMILES string of the molecule is CN(CCCNC(=O)CCCCl)c1ccccc1. The highest BCUT2D eigenvalue weighted by atomic mass is 35.5. The fourth-order valence-electron chi connectivity index (χ4n) is 1.67. The third kappa shape index (κ3) is 5.92. The van der Waals surface area contributed by atoms with Gasteiger partial charge in [-0.05, 0) is 25.0 Å². The molecule has 0 unspecified atom stereocenters. The van der Waals surface area contributed by atoms with Crippen molar-refractivity contribution in [1.29, 1.82) is 0 Å². The van der Waals surface area contributed by atoms with Gasteiger partial charge in [-0.3, -0.25) is 4.79 Å². The summed E-state index contributed by atoms with van der Waals surface area (Å²) in [6.45, 7) is 1.65. The van der Waals surface area contributed by atoms with Crippen LogP contribution in [0.3, 0.4) is 0 Å². The lowest BCUT2D eigenvalue weighted by molar-refractivity contribution is -0.121. The third-order valence-electron chi connectivity index (χ3n) is 2.73. The van der Waals surface area contributed by atoms with Crippen molar-refractivity contribution in [3.8, 4) is 0 Å². The average Bonchev–Trinajstić information content (AvgIpc) is 2.42. The largest absolute Gasteiger partial charge is 0.375 e. The highest BCUT2D eigenvalue weighted by Gasteiger charge is 2.01. The van der Waals surface area contributed by atoms with E-state index in [4.69, 9.17) is 11.6 Å². The van der Waals surface area contributed by atoms with Gasteiger partial charge in [0.1, 0.15) is 0 Å². The second kappa shape index (κ2) is 8.81. The van der Waals surface area contributed by atoms with E-state index >= 15 is 0 Å². The second-order valence-corrected chi connectivity index (χ2v) is 4.63. The molecule has 0 aliphatic rings. The fraction of sp³-hybridized carbons (Fsp3) is 0.500. The van der Waals surface area contributed by atoms with Crippen molar-refractivity contribution in [3.05, 3.63) is 30.3 Å². The van der Waals surface area contributed by atoms with Gasteiger partial charge in [0, 0.05) is 38.1 Å². The Balaban J connectivity index is 2.13. The summed E-state index contributed by atoms with van der Waals surface area (Å²) < 4.78 is 0. The van der Waals surface area contributed by atoms with E-state index in [1.165, 1.54) is 5.69 Å². The first-order chi connectivity index (χ1) is 8.74. The van der Waals surface area contributed by atoms with E-state index in [0.717, 1.165) is 25.9 Å². The Kier molecular flexibility index (Phi) is 7.26. The number of amides is 1. The van der Waals surface area contributed by atoms with Gasteiger partial charge in [-0.25, -0.2) is 0 Å². The van der Waals surface area contributed by atoms with Crippen molar-refractivity contribution in [1.82, 2.24) is 5.32 Å². The predicted molar refractivity (Wildman–Crippen MR) is 77.3 cm³/mol. The molecule has 0 bridgehead atoms. The van der Waals surface area contributed by atoms with E-state index in [1.807, 2.05) is 18.2 Å².